The maximum absolute atomic E-state index is 12.2. The number of rotatable bonds is 6. The number of sulfonamides is 1. The molecule has 1 aliphatic rings. The molecule has 0 amide bonds. The van der Waals surface area contributed by atoms with E-state index >= 15 is 0 Å². The average Bonchev–Trinajstić information content (AvgIpc) is 2.92. The SMILES string of the molecule is NNc1sc(S(=O)(=O)NCC2CCCCS2)cc1[N+](=O)[O-]. The van der Waals surface area contributed by atoms with Gasteiger partial charge in [0.2, 0.25) is 10.0 Å². The average molecular weight is 352 g/mol. The van der Waals surface area contributed by atoms with Gasteiger partial charge in [-0.2, -0.15) is 11.8 Å². The molecule has 2 heterocycles. The third-order valence-electron chi connectivity index (χ3n) is 3.06. The molecule has 8 nitrogen and oxygen atoms in total. The summed E-state index contributed by atoms with van der Waals surface area (Å²) in [5, 5.41) is 11.1. The molecule has 118 valence electrons. The second-order valence-electron chi connectivity index (χ2n) is 4.52. The van der Waals surface area contributed by atoms with Crippen LogP contribution in [0.5, 0.6) is 0 Å². The van der Waals surface area contributed by atoms with Crippen LogP contribution in [-0.2, 0) is 10.0 Å². The number of nitrogens with one attached hydrogen (secondary N) is 2. The number of hydrogen-bond donors (Lipinski definition) is 3. The van der Waals surface area contributed by atoms with Crippen molar-refractivity contribution in [1.82, 2.24) is 4.72 Å². The lowest BCUT2D eigenvalue weighted by Crippen LogP contribution is -2.31. The molecule has 1 unspecified atom stereocenters. The van der Waals surface area contributed by atoms with Gasteiger partial charge in [0.1, 0.15) is 4.21 Å². The molecule has 0 bridgehead atoms. The fourth-order valence-electron chi connectivity index (χ4n) is 1.97. The van der Waals surface area contributed by atoms with Crippen LogP contribution in [0.3, 0.4) is 0 Å². The summed E-state index contributed by atoms with van der Waals surface area (Å²) in [6, 6.07) is 1.02. The second kappa shape index (κ2) is 6.92. The number of nitro groups is 1. The standard InChI is InChI=1S/C10H16N4O4S3/c11-13-10-8(14(15)16)5-9(20-10)21(17,18)12-6-7-3-1-2-4-19-7/h5,7,12-13H,1-4,6,11H2. The second-order valence-corrected chi connectivity index (χ2v) is 8.98. The molecule has 1 aliphatic heterocycles. The number of thiophene rings is 1. The van der Waals surface area contributed by atoms with Crippen molar-refractivity contribution in [1.29, 1.82) is 0 Å². The quantitative estimate of drug-likeness (QED) is 0.402. The van der Waals surface area contributed by atoms with Crippen LogP contribution < -0.4 is 16.0 Å². The van der Waals surface area contributed by atoms with Crippen molar-refractivity contribution in [2.75, 3.05) is 17.7 Å². The van der Waals surface area contributed by atoms with E-state index < -0.39 is 14.9 Å². The summed E-state index contributed by atoms with van der Waals surface area (Å²) in [5.41, 5.74) is 1.82. The molecule has 4 N–H and O–H groups in total. The van der Waals surface area contributed by atoms with Crippen molar-refractivity contribution >= 4 is 43.8 Å². The molecular formula is C10H16N4O4S3. The molecule has 0 spiro atoms. The molecule has 21 heavy (non-hydrogen) atoms. The Morgan fingerprint density at radius 1 is 1.48 bits per heavy atom. The first-order chi connectivity index (χ1) is 9.94. The highest BCUT2D eigenvalue weighted by molar-refractivity contribution is 8.00. The van der Waals surface area contributed by atoms with Crippen LogP contribution in [0.2, 0.25) is 0 Å². The predicted molar refractivity (Wildman–Crippen MR) is 84.1 cm³/mol. The normalized spacial score (nSPS) is 19.4. The number of nitrogens with zero attached hydrogens (tertiary/aromatic N) is 1. The molecule has 1 aromatic heterocycles. The van der Waals surface area contributed by atoms with Gasteiger partial charge in [-0.25, -0.2) is 19.0 Å². The minimum Gasteiger partial charge on any atom is -0.310 e. The largest absolute Gasteiger partial charge is 0.310 e. The summed E-state index contributed by atoms with van der Waals surface area (Å²) in [6.07, 6.45) is 3.25. The number of thioether (sulfide) groups is 1. The summed E-state index contributed by atoms with van der Waals surface area (Å²) >= 11 is 2.50. The van der Waals surface area contributed by atoms with Gasteiger partial charge >= 0.3 is 5.69 Å². The molecule has 0 aliphatic carbocycles. The summed E-state index contributed by atoms with van der Waals surface area (Å²) < 4.78 is 26.8. The van der Waals surface area contributed by atoms with Gasteiger partial charge in [-0.05, 0) is 18.6 Å². The van der Waals surface area contributed by atoms with Crippen molar-refractivity contribution in [3.05, 3.63) is 16.2 Å². The van der Waals surface area contributed by atoms with E-state index in [-0.39, 0.29) is 20.1 Å². The molecule has 1 atom stereocenters. The molecule has 0 saturated carbocycles. The summed E-state index contributed by atoms with van der Waals surface area (Å²) in [4.78, 5) is 10.2. The van der Waals surface area contributed by atoms with Gasteiger partial charge in [-0.3, -0.25) is 10.1 Å². The fraction of sp³-hybridized carbons (Fsp3) is 0.600. The van der Waals surface area contributed by atoms with Crippen molar-refractivity contribution < 1.29 is 13.3 Å². The molecule has 2 rings (SSSR count). The van der Waals surface area contributed by atoms with E-state index in [0.717, 1.165) is 42.4 Å². The highest BCUT2D eigenvalue weighted by atomic mass is 32.2. The summed E-state index contributed by atoms with van der Waals surface area (Å²) in [7, 11) is -3.75. The van der Waals surface area contributed by atoms with Crippen LogP contribution >= 0.6 is 23.1 Å². The zero-order valence-corrected chi connectivity index (χ0v) is 13.5. The van der Waals surface area contributed by atoms with E-state index in [4.69, 9.17) is 5.84 Å². The lowest BCUT2D eigenvalue weighted by atomic mass is 10.2. The smallest absolute Gasteiger partial charge is 0.306 e. The highest BCUT2D eigenvalue weighted by Crippen LogP contribution is 2.36. The Bertz CT molecular complexity index is 610. The van der Waals surface area contributed by atoms with Crippen molar-refractivity contribution in [2.24, 2.45) is 5.84 Å². The van der Waals surface area contributed by atoms with Crippen molar-refractivity contribution in [3.63, 3.8) is 0 Å². The van der Waals surface area contributed by atoms with Crippen LogP contribution in [0.15, 0.2) is 10.3 Å². The molecule has 1 aromatic rings. The third-order valence-corrected chi connectivity index (χ3v) is 7.41. The zero-order valence-electron chi connectivity index (χ0n) is 11.1. The van der Waals surface area contributed by atoms with Crippen LogP contribution in [0.1, 0.15) is 19.3 Å². The maximum atomic E-state index is 12.2. The number of nitrogens with two attached hydrogens (primary N) is 1. The molecule has 1 fully saturated rings. The van der Waals surface area contributed by atoms with Crippen LogP contribution in [0.25, 0.3) is 0 Å². The topological polar surface area (TPSA) is 127 Å². The Hall–Kier alpha value is -0.880. The first-order valence-corrected chi connectivity index (χ1v) is 9.65. The van der Waals surface area contributed by atoms with Crippen LogP contribution in [0, 0.1) is 10.1 Å². The van der Waals surface area contributed by atoms with Gasteiger partial charge in [0.25, 0.3) is 0 Å². The number of hydrogen-bond acceptors (Lipinski definition) is 8. The van der Waals surface area contributed by atoms with E-state index in [9.17, 15) is 18.5 Å². The number of hydrazine groups is 1. The van der Waals surface area contributed by atoms with E-state index in [1.807, 2.05) is 0 Å². The lowest BCUT2D eigenvalue weighted by Gasteiger charge is -2.21. The summed E-state index contributed by atoms with van der Waals surface area (Å²) in [6.45, 7) is 0.337. The first kappa shape index (κ1) is 16.5. The van der Waals surface area contributed by atoms with Gasteiger partial charge in [0, 0.05) is 17.9 Å². The molecular weight excluding hydrogens is 336 g/mol. The predicted octanol–water partition coefficient (Wildman–Crippen LogP) is 1.51. The van der Waals surface area contributed by atoms with E-state index in [0.29, 0.717) is 6.54 Å². The van der Waals surface area contributed by atoms with Gasteiger partial charge < -0.3 is 5.43 Å². The van der Waals surface area contributed by atoms with Gasteiger partial charge in [0.15, 0.2) is 5.00 Å². The Balaban J connectivity index is 2.09. The lowest BCUT2D eigenvalue weighted by molar-refractivity contribution is -0.383. The Kier molecular flexibility index (Phi) is 5.43. The third kappa shape index (κ3) is 4.07. The maximum Gasteiger partial charge on any atom is 0.306 e. The van der Waals surface area contributed by atoms with E-state index in [2.05, 4.69) is 10.1 Å². The van der Waals surface area contributed by atoms with E-state index in [1.165, 1.54) is 0 Å². The Labute approximate surface area is 130 Å². The number of nitrogen functional groups attached to an aromatic ring is 1. The van der Waals surface area contributed by atoms with Gasteiger partial charge in [0.05, 0.1) is 4.92 Å². The monoisotopic (exact) mass is 352 g/mol. The molecule has 0 aromatic carbocycles. The highest BCUT2D eigenvalue weighted by Gasteiger charge is 2.26. The molecule has 1 saturated heterocycles. The summed E-state index contributed by atoms with van der Waals surface area (Å²) in [5.74, 6) is 6.21. The van der Waals surface area contributed by atoms with Gasteiger partial charge in [-0.1, -0.05) is 17.8 Å². The van der Waals surface area contributed by atoms with Crippen LogP contribution in [-0.4, -0.2) is 30.9 Å². The van der Waals surface area contributed by atoms with Crippen molar-refractivity contribution in [2.45, 2.75) is 28.7 Å². The molecule has 11 heteroatoms. The van der Waals surface area contributed by atoms with Gasteiger partial charge in [-0.15, -0.1) is 0 Å². The Morgan fingerprint density at radius 3 is 2.76 bits per heavy atom. The van der Waals surface area contributed by atoms with Crippen molar-refractivity contribution in [3.8, 4) is 0 Å². The van der Waals surface area contributed by atoms with Crippen LogP contribution in [0.4, 0.5) is 10.7 Å². The molecule has 0 radical (unpaired) electrons. The minimum atomic E-state index is -3.75. The Morgan fingerprint density at radius 2 is 2.24 bits per heavy atom. The first-order valence-electron chi connectivity index (χ1n) is 6.30. The van der Waals surface area contributed by atoms with E-state index in [1.54, 1.807) is 11.8 Å². The minimum absolute atomic E-state index is 0.0208. The fourth-order valence-corrected chi connectivity index (χ4v) is 5.68. The number of anilines is 1. The zero-order chi connectivity index (χ0) is 15.5.